The average molecular weight is 318 g/mol. The summed E-state index contributed by atoms with van der Waals surface area (Å²) in [6, 6.07) is 17.7. The van der Waals surface area contributed by atoms with E-state index in [9.17, 15) is 0 Å². The molecule has 0 aliphatic heterocycles. The number of rotatable bonds is 5. The third kappa shape index (κ3) is 4.19. The topological polar surface area (TPSA) is 12.0 Å². The van der Waals surface area contributed by atoms with Crippen molar-refractivity contribution in [2.75, 3.05) is 0 Å². The van der Waals surface area contributed by atoms with Gasteiger partial charge in [0.1, 0.15) is 0 Å². The highest BCUT2D eigenvalue weighted by atomic mass is 79.9. The molecule has 0 heterocycles. The highest BCUT2D eigenvalue weighted by molar-refractivity contribution is 9.10. The van der Waals surface area contributed by atoms with Crippen LogP contribution >= 0.6 is 15.9 Å². The van der Waals surface area contributed by atoms with E-state index in [1.165, 1.54) is 16.7 Å². The van der Waals surface area contributed by atoms with Crippen LogP contribution in [0, 0.1) is 0 Å². The number of hydrogen-bond donors (Lipinski definition) is 1. The lowest BCUT2D eigenvalue weighted by molar-refractivity contribution is 0.574. The third-order valence-corrected chi connectivity index (χ3v) is 3.88. The molecule has 0 saturated carbocycles. The first-order valence-electron chi connectivity index (χ1n) is 6.75. The van der Waals surface area contributed by atoms with Crippen LogP contribution in [0.25, 0.3) is 0 Å². The molecule has 0 amide bonds. The second-order valence-electron chi connectivity index (χ2n) is 4.83. The maximum atomic E-state index is 3.56. The molecule has 0 aliphatic carbocycles. The quantitative estimate of drug-likeness (QED) is 0.830. The van der Waals surface area contributed by atoms with Crippen molar-refractivity contribution < 1.29 is 0 Å². The number of benzene rings is 2. The normalized spacial score (nSPS) is 12.4. The van der Waals surface area contributed by atoms with Gasteiger partial charge in [-0.05, 0) is 42.2 Å². The number of nitrogens with one attached hydrogen (secondary N) is 1. The fraction of sp³-hybridized carbons (Fsp3) is 0.294. The van der Waals surface area contributed by atoms with E-state index in [4.69, 9.17) is 0 Å². The van der Waals surface area contributed by atoms with E-state index in [0.29, 0.717) is 6.04 Å². The van der Waals surface area contributed by atoms with Gasteiger partial charge in [0.25, 0.3) is 0 Å². The van der Waals surface area contributed by atoms with Gasteiger partial charge in [0.2, 0.25) is 0 Å². The Morgan fingerprint density at radius 1 is 1.05 bits per heavy atom. The summed E-state index contributed by atoms with van der Waals surface area (Å²) in [6.07, 6.45) is 1.10. The maximum absolute atomic E-state index is 3.56. The first-order chi connectivity index (χ1) is 9.19. The van der Waals surface area contributed by atoms with Crippen LogP contribution in [-0.4, -0.2) is 0 Å². The summed E-state index contributed by atoms with van der Waals surface area (Å²) in [4.78, 5) is 0. The van der Waals surface area contributed by atoms with Crippen LogP contribution in [0.15, 0.2) is 53.0 Å². The molecule has 0 saturated heterocycles. The molecule has 0 spiro atoms. The van der Waals surface area contributed by atoms with E-state index in [-0.39, 0.29) is 0 Å². The molecule has 1 unspecified atom stereocenters. The Morgan fingerprint density at radius 2 is 1.79 bits per heavy atom. The van der Waals surface area contributed by atoms with Crippen LogP contribution in [0.3, 0.4) is 0 Å². The summed E-state index contributed by atoms with van der Waals surface area (Å²) in [7, 11) is 0. The van der Waals surface area contributed by atoms with E-state index in [0.717, 1.165) is 17.4 Å². The number of hydrogen-bond acceptors (Lipinski definition) is 1. The van der Waals surface area contributed by atoms with E-state index >= 15 is 0 Å². The van der Waals surface area contributed by atoms with Crippen LogP contribution < -0.4 is 5.32 Å². The lowest BCUT2D eigenvalue weighted by Crippen LogP contribution is -2.18. The molecule has 2 aromatic rings. The van der Waals surface area contributed by atoms with Crippen LogP contribution in [0.5, 0.6) is 0 Å². The first-order valence-corrected chi connectivity index (χ1v) is 7.55. The Kier molecular flexibility index (Phi) is 5.17. The molecular formula is C17H20BrN. The van der Waals surface area contributed by atoms with Gasteiger partial charge in [0.15, 0.2) is 0 Å². The van der Waals surface area contributed by atoms with Gasteiger partial charge in [-0.2, -0.15) is 0 Å². The molecule has 1 nitrogen and oxygen atoms in total. The van der Waals surface area contributed by atoms with Gasteiger partial charge >= 0.3 is 0 Å². The molecule has 1 atom stereocenters. The number of aryl methyl sites for hydroxylation is 1. The van der Waals surface area contributed by atoms with Crippen molar-refractivity contribution in [2.45, 2.75) is 32.9 Å². The lowest BCUT2D eigenvalue weighted by Gasteiger charge is -2.15. The molecule has 19 heavy (non-hydrogen) atoms. The van der Waals surface area contributed by atoms with E-state index < -0.39 is 0 Å². The Morgan fingerprint density at radius 3 is 2.42 bits per heavy atom. The van der Waals surface area contributed by atoms with Gasteiger partial charge in [0, 0.05) is 17.1 Å². The molecule has 0 radical (unpaired) electrons. The van der Waals surface area contributed by atoms with E-state index in [1.54, 1.807) is 0 Å². The molecular weight excluding hydrogens is 298 g/mol. The molecule has 0 bridgehead atoms. The highest BCUT2D eigenvalue weighted by Crippen LogP contribution is 2.16. The van der Waals surface area contributed by atoms with Gasteiger partial charge in [-0.25, -0.2) is 0 Å². The molecule has 0 fully saturated rings. The Labute approximate surface area is 124 Å². The molecule has 1 N–H and O–H groups in total. The fourth-order valence-corrected chi connectivity index (χ4v) is 2.52. The molecule has 2 heteroatoms. The second kappa shape index (κ2) is 6.88. The molecule has 2 aromatic carbocycles. The summed E-state index contributed by atoms with van der Waals surface area (Å²) in [5, 5.41) is 3.56. The minimum Gasteiger partial charge on any atom is -0.306 e. The standard InChI is InChI=1S/C17H20BrN/c1-3-14-7-9-16(10-8-14)13(2)19-12-15-5-4-6-17(18)11-15/h4-11,13,19H,3,12H2,1-2H3. The SMILES string of the molecule is CCc1ccc(C(C)NCc2cccc(Br)c2)cc1. The van der Waals surface area contributed by atoms with Crippen LogP contribution in [0.4, 0.5) is 0 Å². The third-order valence-electron chi connectivity index (χ3n) is 3.39. The highest BCUT2D eigenvalue weighted by Gasteiger charge is 2.04. The van der Waals surface area contributed by atoms with Crippen LogP contribution in [0.1, 0.15) is 36.6 Å². The van der Waals surface area contributed by atoms with Crippen molar-refractivity contribution in [3.8, 4) is 0 Å². The second-order valence-corrected chi connectivity index (χ2v) is 5.74. The van der Waals surface area contributed by atoms with E-state index in [2.05, 4.69) is 83.6 Å². The summed E-state index contributed by atoms with van der Waals surface area (Å²) in [5.74, 6) is 0. The summed E-state index contributed by atoms with van der Waals surface area (Å²) in [6.45, 7) is 5.28. The van der Waals surface area contributed by atoms with Gasteiger partial charge in [-0.3, -0.25) is 0 Å². The Bertz CT molecular complexity index is 519. The average Bonchev–Trinajstić information content (AvgIpc) is 2.45. The van der Waals surface area contributed by atoms with Gasteiger partial charge < -0.3 is 5.32 Å². The predicted octanol–water partition coefficient (Wildman–Crippen LogP) is 4.86. The molecule has 2 rings (SSSR count). The van der Waals surface area contributed by atoms with Crippen molar-refractivity contribution in [1.82, 2.24) is 5.32 Å². The zero-order chi connectivity index (χ0) is 13.7. The van der Waals surface area contributed by atoms with Crippen molar-refractivity contribution in [1.29, 1.82) is 0 Å². The predicted molar refractivity (Wildman–Crippen MR) is 85.2 cm³/mol. The van der Waals surface area contributed by atoms with Gasteiger partial charge in [-0.15, -0.1) is 0 Å². The Balaban J connectivity index is 1.95. The summed E-state index contributed by atoms with van der Waals surface area (Å²) >= 11 is 3.50. The van der Waals surface area contributed by atoms with Crippen LogP contribution in [0.2, 0.25) is 0 Å². The Hall–Kier alpha value is -1.12. The van der Waals surface area contributed by atoms with Crippen molar-refractivity contribution in [3.05, 3.63) is 69.7 Å². The zero-order valence-electron chi connectivity index (χ0n) is 11.5. The fourth-order valence-electron chi connectivity index (χ4n) is 2.08. The zero-order valence-corrected chi connectivity index (χ0v) is 13.1. The minimum atomic E-state index is 0.366. The molecule has 0 aliphatic rings. The summed E-state index contributed by atoms with van der Waals surface area (Å²) in [5.41, 5.74) is 4.03. The van der Waals surface area contributed by atoms with Crippen molar-refractivity contribution in [2.24, 2.45) is 0 Å². The lowest BCUT2D eigenvalue weighted by atomic mass is 10.0. The van der Waals surface area contributed by atoms with Gasteiger partial charge in [-0.1, -0.05) is 59.3 Å². The van der Waals surface area contributed by atoms with Gasteiger partial charge in [0.05, 0.1) is 0 Å². The largest absolute Gasteiger partial charge is 0.306 e. The molecule has 100 valence electrons. The molecule has 0 aromatic heterocycles. The minimum absolute atomic E-state index is 0.366. The number of halogens is 1. The van der Waals surface area contributed by atoms with Crippen molar-refractivity contribution in [3.63, 3.8) is 0 Å². The van der Waals surface area contributed by atoms with Crippen molar-refractivity contribution >= 4 is 15.9 Å². The maximum Gasteiger partial charge on any atom is 0.0294 e. The van der Waals surface area contributed by atoms with E-state index in [1.807, 2.05) is 0 Å². The van der Waals surface area contributed by atoms with Crippen LogP contribution in [-0.2, 0) is 13.0 Å². The summed E-state index contributed by atoms with van der Waals surface area (Å²) < 4.78 is 1.13. The first kappa shape index (κ1) is 14.3. The monoisotopic (exact) mass is 317 g/mol. The smallest absolute Gasteiger partial charge is 0.0294 e.